The molecule has 0 unspecified atom stereocenters. The SMILES string of the molecule is Nc1c(N=Nc2ccc([N+](=O)[O-])cc2)c(S(=O)(=O)O)cc2c1C(=O)/C(=N/Nc1ccc(-c3ccc(N=Nc4ccc(N)c5ccc(S(=O)(=O)O)cc45)cc3)cc1)C(S(=O)(=O)O)=C2. The molecule has 6 aromatic carbocycles. The molecule has 8 N–H and O–H groups in total. The Hall–Kier alpha value is -7.61. The Balaban J connectivity index is 1.14. The molecule has 0 atom stereocenters. The van der Waals surface area contributed by atoms with Crippen LogP contribution in [0.15, 0.2) is 149 Å². The second-order valence-electron chi connectivity index (χ2n) is 13.1. The van der Waals surface area contributed by atoms with Gasteiger partial charge in [0.25, 0.3) is 36.0 Å². The summed E-state index contributed by atoms with van der Waals surface area (Å²) in [5.74, 6) is -1.19. The van der Waals surface area contributed by atoms with Gasteiger partial charge in [-0.2, -0.15) is 40.6 Å². The van der Waals surface area contributed by atoms with Crippen molar-refractivity contribution in [2.45, 2.75) is 9.79 Å². The van der Waals surface area contributed by atoms with E-state index in [9.17, 15) is 53.8 Å². The first-order chi connectivity index (χ1) is 29.2. The number of hydrazone groups is 1. The van der Waals surface area contributed by atoms with Crippen molar-refractivity contribution in [2.24, 2.45) is 25.6 Å². The second kappa shape index (κ2) is 16.1. The van der Waals surface area contributed by atoms with Crippen LogP contribution in [0.1, 0.15) is 15.9 Å². The van der Waals surface area contributed by atoms with E-state index in [0.717, 1.165) is 23.8 Å². The van der Waals surface area contributed by atoms with Gasteiger partial charge in [-0.05, 0) is 89.5 Å². The van der Waals surface area contributed by atoms with Crippen LogP contribution in [0.2, 0.25) is 0 Å². The maximum Gasteiger partial charge on any atom is 0.296 e. The van der Waals surface area contributed by atoms with E-state index < -0.39 is 79.1 Å². The molecular weight excluding hydrogens is 871 g/mol. The number of Topliss-reactive ketones (excluding diaryl/α,β-unsaturated/α-hetero) is 1. The molecule has 1 aliphatic carbocycles. The molecule has 0 bridgehead atoms. The second-order valence-corrected chi connectivity index (χ2v) is 17.3. The summed E-state index contributed by atoms with van der Waals surface area (Å²) in [6, 6.07) is 25.6. The number of non-ortho nitro benzene ring substituents is 1. The minimum absolute atomic E-state index is 0.00265. The minimum atomic E-state index is -5.19. The first-order valence-electron chi connectivity index (χ1n) is 17.3. The van der Waals surface area contributed by atoms with E-state index in [1.54, 1.807) is 60.7 Å². The van der Waals surface area contributed by atoms with Gasteiger partial charge in [-0.25, -0.2) is 0 Å². The molecule has 1 aliphatic rings. The van der Waals surface area contributed by atoms with Crippen LogP contribution in [0.5, 0.6) is 0 Å². The maximum atomic E-state index is 13.9. The zero-order valence-electron chi connectivity index (χ0n) is 31.0. The number of nitro benzene ring substituents is 1. The van der Waals surface area contributed by atoms with Crippen LogP contribution in [0.3, 0.4) is 0 Å². The fraction of sp³-hybridized carbons (Fsp3) is 0. The van der Waals surface area contributed by atoms with Gasteiger partial charge in [-0.3, -0.25) is 34.0 Å². The molecule has 0 spiro atoms. The number of benzene rings is 6. The van der Waals surface area contributed by atoms with E-state index in [-0.39, 0.29) is 22.0 Å². The standard InChI is InChI=1S/C38H27N9O12S3/c39-30-15-16-31(29-19-27(60(51,52)53)13-14-28(29)30)44-41-23-5-1-20(2-6-23)21-3-7-24(8-4-21)43-46-37-33(62(57,58)59)18-22-17-32(61(54,55)56)36(35(40)34(22)38(37)48)45-42-25-9-11-26(12-10-25)47(49)50/h1-19,43H,39-40H2,(H,51,52,53)(H,54,55,56)(H,57,58,59)/b44-41?,45-42?,46-37+. The molecular formula is C38H27N9O12S3. The Kier molecular flexibility index (Phi) is 11.0. The molecule has 62 heavy (non-hydrogen) atoms. The number of nitro groups is 1. The molecule has 7 rings (SSSR count). The lowest BCUT2D eigenvalue weighted by atomic mass is 9.92. The van der Waals surface area contributed by atoms with Crippen molar-refractivity contribution in [1.29, 1.82) is 0 Å². The highest BCUT2D eigenvalue weighted by molar-refractivity contribution is 7.91. The van der Waals surface area contributed by atoms with Gasteiger partial charge in [-0.1, -0.05) is 30.3 Å². The summed E-state index contributed by atoms with van der Waals surface area (Å²) >= 11 is 0. The van der Waals surface area contributed by atoms with Gasteiger partial charge in [0, 0.05) is 28.6 Å². The number of nitrogens with two attached hydrogens (primary N) is 2. The molecule has 314 valence electrons. The van der Waals surface area contributed by atoms with Gasteiger partial charge < -0.3 is 11.5 Å². The lowest BCUT2D eigenvalue weighted by molar-refractivity contribution is -0.384. The predicted molar refractivity (Wildman–Crippen MR) is 227 cm³/mol. The van der Waals surface area contributed by atoms with Crippen molar-refractivity contribution in [1.82, 2.24) is 0 Å². The van der Waals surface area contributed by atoms with Crippen molar-refractivity contribution < 1.29 is 48.6 Å². The number of hydrogen-bond acceptors (Lipinski definition) is 17. The number of nitrogens with one attached hydrogen (secondary N) is 1. The Morgan fingerprint density at radius 1 is 0.645 bits per heavy atom. The third-order valence-electron chi connectivity index (χ3n) is 9.13. The summed E-state index contributed by atoms with van der Waals surface area (Å²) in [7, 11) is -14.8. The first kappa shape index (κ1) is 42.5. The number of anilines is 3. The molecule has 21 nitrogen and oxygen atoms in total. The van der Waals surface area contributed by atoms with Crippen molar-refractivity contribution in [2.75, 3.05) is 16.9 Å². The first-order valence-corrected chi connectivity index (χ1v) is 21.6. The number of rotatable bonds is 11. The van der Waals surface area contributed by atoms with Crippen molar-refractivity contribution in [3.05, 3.63) is 135 Å². The molecule has 0 heterocycles. The van der Waals surface area contributed by atoms with Gasteiger partial charge in [-0.15, -0.1) is 10.2 Å². The molecule has 6 aromatic rings. The van der Waals surface area contributed by atoms with E-state index in [0.29, 0.717) is 39.5 Å². The lowest BCUT2D eigenvalue weighted by Crippen LogP contribution is -2.28. The Labute approximate surface area is 350 Å². The Bertz CT molecular complexity index is 3340. The molecule has 0 aromatic heterocycles. The van der Waals surface area contributed by atoms with Crippen LogP contribution in [0, 0.1) is 10.1 Å². The molecule has 24 heteroatoms. The van der Waals surface area contributed by atoms with E-state index in [1.807, 2.05) is 0 Å². The van der Waals surface area contributed by atoms with Crippen LogP contribution in [-0.4, -0.2) is 55.3 Å². The van der Waals surface area contributed by atoms with Gasteiger partial charge in [0.05, 0.1) is 43.8 Å². The van der Waals surface area contributed by atoms with E-state index in [1.165, 1.54) is 30.3 Å². The number of hydrogen-bond donors (Lipinski definition) is 6. The summed E-state index contributed by atoms with van der Waals surface area (Å²) in [4.78, 5) is 21.9. The third kappa shape index (κ3) is 8.80. The van der Waals surface area contributed by atoms with Gasteiger partial charge in [0.1, 0.15) is 15.5 Å². The van der Waals surface area contributed by atoms with Crippen molar-refractivity contribution in [3.63, 3.8) is 0 Å². The number of allylic oxidation sites excluding steroid dienone is 1. The van der Waals surface area contributed by atoms with Gasteiger partial charge >= 0.3 is 0 Å². The van der Waals surface area contributed by atoms with Crippen molar-refractivity contribution >= 4 is 104 Å². The number of ketones is 1. The van der Waals surface area contributed by atoms with Gasteiger partial charge in [0.15, 0.2) is 5.71 Å². The largest absolute Gasteiger partial charge is 0.398 e. The summed E-state index contributed by atoms with van der Waals surface area (Å²) in [6.07, 6.45) is 0.735. The normalized spacial score (nSPS) is 14.1. The fourth-order valence-electron chi connectivity index (χ4n) is 6.12. The van der Waals surface area contributed by atoms with Crippen LogP contribution >= 0.6 is 0 Å². The monoisotopic (exact) mass is 897 g/mol. The smallest absolute Gasteiger partial charge is 0.296 e. The van der Waals surface area contributed by atoms with E-state index in [2.05, 4.69) is 31.0 Å². The molecule has 0 saturated carbocycles. The van der Waals surface area contributed by atoms with Crippen LogP contribution < -0.4 is 16.9 Å². The zero-order valence-corrected chi connectivity index (χ0v) is 33.5. The average molecular weight is 898 g/mol. The summed E-state index contributed by atoms with van der Waals surface area (Å²) in [5, 5.41) is 31.9. The van der Waals surface area contributed by atoms with Crippen LogP contribution in [0.25, 0.3) is 28.0 Å². The summed E-state index contributed by atoms with van der Waals surface area (Å²) in [6.45, 7) is 0. The maximum absolute atomic E-state index is 13.9. The molecule has 0 aliphatic heterocycles. The predicted octanol–water partition coefficient (Wildman–Crippen LogP) is 7.80. The fourth-order valence-corrected chi connectivity index (χ4v) is 7.96. The average Bonchev–Trinajstić information content (AvgIpc) is 3.22. The van der Waals surface area contributed by atoms with E-state index >= 15 is 0 Å². The van der Waals surface area contributed by atoms with Crippen LogP contribution in [-0.2, 0) is 30.4 Å². The number of carbonyl (C=O) groups excluding carboxylic acids is 1. The number of nitrogens with zero attached hydrogens (tertiary/aromatic N) is 6. The quantitative estimate of drug-likeness (QED) is 0.0237. The third-order valence-corrected chi connectivity index (χ3v) is 11.7. The number of nitrogen functional groups attached to an aromatic ring is 2. The van der Waals surface area contributed by atoms with Crippen LogP contribution in [0.4, 0.5) is 45.5 Å². The molecule has 0 fully saturated rings. The minimum Gasteiger partial charge on any atom is -0.398 e. The topological polar surface area (TPSA) is 349 Å². The van der Waals surface area contributed by atoms with Gasteiger partial charge in [0.2, 0.25) is 5.78 Å². The number of carbonyl (C=O) groups is 1. The zero-order chi connectivity index (χ0) is 44.7. The summed E-state index contributed by atoms with van der Waals surface area (Å²) < 4.78 is 103. The van der Waals surface area contributed by atoms with Crippen molar-refractivity contribution in [3.8, 4) is 11.1 Å². The highest BCUT2D eigenvalue weighted by Crippen LogP contribution is 2.41. The Morgan fingerprint density at radius 2 is 1.24 bits per heavy atom. The Morgan fingerprint density at radius 3 is 1.82 bits per heavy atom. The lowest BCUT2D eigenvalue weighted by Gasteiger charge is -2.20. The summed E-state index contributed by atoms with van der Waals surface area (Å²) in [5.41, 5.74) is 14.2. The highest BCUT2D eigenvalue weighted by Gasteiger charge is 2.37. The molecule has 0 amide bonds. The number of azo groups is 2. The molecule has 0 radical (unpaired) electrons. The number of fused-ring (bicyclic) bond motifs is 2. The highest BCUT2D eigenvalue weighted by atomic mass is 32.2. The van der Waals surface area contributed by atoms with E-state index in [4.69, 9.17) is 11.5 Å². The molecule has 0 saturated heterocycles.